The molecule has 28 heavy (non-hydrogen) atoms. The molecule has 0 N–H and O–H groups in total. The Hall–Kier alpha value is -1.25. The van der Waals surface area contributed by atoms with Crippen molar-refractivity contribution in [2.75, 3.05) is 72.5 Å². The van der Waals surface area contributed by atoms with E-state index in [0.717, 1.165) is 58.7 Å². The molecule has 0 spiro atoms. The highest BCUT2D eigenvalue weighted by atomic mass is 16.2. The van der Waals surface area contributed by atoms with Gasteiger partial charge in [0.2, 0.25) is 5.91 Å². The first-order valence-electron chi connectivity index (χ1n) is 10.6. The van der Waals surface area contributed by atoms with Crippen LogP contribution in [0.2, 0.25) is 0 Å². The monoisotopic (exact) mass is 396 g/mol. The van der Waals surface area contributed by atoms with Crippen molar-refractivity contribution in [1.82, 2.24) is 19.6 Å². The lowest BCUT2D eigenvalue weighted by Crippen LogP contribution is -2.45. The zero-order valence-electron chi connectivity index (χ0n) is 19.0. The quantitative estimate of drug-likeness (QED) is 0.321. The molecule has 0 unspecified atom stereocenters. The minimum Gasteiger partial charge on any atom is -0.345 e. The zero-order valence-corrected chi connectivity index (χ0v) is 19.0. The Morgan fingerprint density at radius 1 is 0.750 bits per heavy atom. The van der Waals surface area contributed by atoms with E-state index in [1.807, 2.05) is 14.0 Å². The lowest BCUT2D eigenvalue weighted by Gasteiger charge is -2.29. The van der Waals surface area contributed by atoms with Gasteiger partial charge in [0.1, 0.15) is 5.78 Å². The van der Waals surface area contributed by atoms with E-state index in [-0.39, 0.29) is 17.4 Å². The highest BCUT2D eigenvalue weighted by molar-refractivity contribution is 6.58. The summed E-state index contributed by atoms with van der Waals surface area (Å²) in [4.78, 5) is 43.5. The van der Waals surface area contributed by atoms with Gasteiger partial charge in [-0.05, 0) is 26.4 Å². The van der Waals surface area contributed by atoms with Crippen LogP contribution in [-0.2, 0) is 14.4 Å². The van der Waals surface area contributed by atoms with E-state index in [9.17, 15) is 14.4 Å². The number of likely N-dealkylation sites (N-methyl/N-ethyl adjacent to an activating group) is 3. The van der Waals surface area contributed by atoms with E-state index >= 15 is 0 Å². The predicted molar refractivity (Wildman–Crippen MR) is 117 cm³/mol. The summed E-state index contributed by atoms with van der Waals surface area (Å²) in [6.45, 7) is 14.5. The van der Waals surface area contributed by atoms with Crippen molar-refractivity contribution in [2.24, 2.45) is 0 Å². The molecular weight excluding hydrogens is 355 g/mol. The van der Waals surface area contributed by atoms with E-state index in [1.54, 1.807) is 19.7 Å². The van der Waals surface area contributed by atoms with Crippen molar-refractivity contribution < 1.29 is 14.4 Å². The third-order valence-corrected chi connectivity index (χ3v) is 4.88. The van der Waals surface area contributed by atoms with Crippen LogP contribution < -0.4 is 0 Å². The number of hydrogen-bond acceptors (Lipinski definition) is 6. The summed E-state index contributed by atoms with van der Waals surface area (Å²) in [7, 11) is 3.46. The second kappa shape index (κ2) is 15.7. The molecule has 0 atom stereocenters. The van der Waals surface area contributed by atoms with E-state index < -0.39 is 0 Å². The van der Waals surface area contributed by atoms with Gasteiger partial charge in [-0.3, -0.25) is 24.3 Å². The van der Waals surface area contributed by atoms with Crippen LogP contribution in [0.3, 0.4) is 0 Å². The molecule has 0 saturated heterocycles. The minimum absolute atomic E-state index is 0.132. The first kappa shape index (κ1) is 26.8. The molecule has 0 aliphatic rings. The fourth-order valence-corrected chi connectivity index (χ4v) is 3.00. The molecule has 0 radical (unpaired) electrons. The first-order chi connectivity index (χ1) is 13.2. The van der Waals surface area contributed by atoms with E-state index in [4.69, 9.17) is 0 Å². The highest BCUT2D eigenvalue weighted by Gasteiger charge is 2.16. The summed E-state index contributed by atoms with van der Waals surface area (Å²) in [5.41, 5.74) is 0.155. The van der Waals surface area contributed by atoms with Crippen LogP contribution in [0.1, 0.15) is 40.5 Å². The van der Waals surface area contributed by atoms with Crippen molar-refractivity contribution >= 4 is 25.2 Å². The second-order valence-corrected chi connectivity index (χ2v) is 7.59. The Bertz CT molecular complexity index is 476. The highest BCUT2D eigenvalue weighted by Crippen LogP contribution is 1.99. The molecule has 0 aromatic heterocycles. The number of carbonyl (C=O) groups excluding carboxylic acids is 3. The van der Waals surface area contributed by atoms with Gasteiger partial charge in [0.25, 0.3) is 0 Å². The molecule has 0 saturated carbocycles. The molecule has 162 valence electrons. The average molecular weight is 396 g/mol. The number of amides is 1. The predicted octanol–water partition coefficient (Wildman–Crippen LogP) is -0.0606. The Labute approximate surface area is 172 Å². The molecule has 0 heterocycles. The van der Waals surface area contributed by atoms with Gasteiger partial charge >= 0.3 is 0 Å². The molecule has 0 aliphatic heterocycles. The maximum atomic E-state index is 12.4. The van der Waals surface area contributed by atoms with Crippen LogP contribution in [0.15, 0.2) is 0 Å². The first-order valence-corrected chi connectivity index (χ1v) is 10.6. The van der Waals surface area contributed by atoms with Crippen LogP contribution in [0, 0.1) is 0 Å². The van der Waals surface area contributed by atoms with Crippen LogP contribution in [0.5, 0.6) is 0 Å². The van der Waals surface area contributed by atoms with Crippen molar-refractivity contribution in [3.05, 3.63) is 0 Å². The summed E-state index contributed by atoms with van der Waals surface area (Å²) >= 11 is 0. The second-order valence-electron chi connectivity index (χ2n) is 7.59. The topological polar surface area (TPSA) is 64.2 Å². The van der Waals surface area contributed by atoms with Gasteiger partial charge in [0.15, 0.2) is 7.85 Å². The van der Waals surface area contributed by atoms with Crippen LogP contribution >= 0.6 is 0 Å². The molecular formula is C20H41BN4O3. The molecule has 0 fully saturated rings. The maximum absolute atomic E-state index is 12.4. The Balaban J connectivity index is 4.61. The summed E-state index contributed by atoms with van der Waals surface area (Å²) in [5, 5.41) is 0. The molecule has 8 heteroatoms. The summed E-state index contributed by atoms with van der Waals surface area (Å²) < 4.78 is 0. The van der Waals surface area contributed by atoms with Crippen molar-refractivity contribution in [1.29, 1.82) is 0 Å². The number of Topliss-reactive ketones (excluding diaryl/α,β-unsaturated/α-hetero) is 1. The molecule has 0 bridgehead atoms. The SMILES string of the molecule is BC(=O)CN(CC)CCN(CCN(CC)CC(=O)N(C)CCCC)CC(C)=O. The van der Waals surface area contributed by atoms with Gasteiger partial charge < -0.3 is 9.69 Å². The molecule has 0 aliphatic carbocycles. The van der Waals surface area contributed by atoms with Crippen LogP contribution in [0.25, 0.3) is 0 Å². The third kappa shape index (κ3) is 13.0. The number of hydrogen-bond donors (Lipinski definition) is 0. The Kier molecular flexibility index (Phi) is 15.0. The molecule has 0 aromatic carbocycles. The normalized spacial score (nSPS) is 11.4. The summed E-state index contributed by atoms with van der Waals surface area (Å²) in [6, 6.07) is 0. The number of nitrogens with zero attached hydrogens (tertiary/aromatic N) is 4. The standard InChI is InChI=1S/C20H41BN4O3/c1-6-9-10-22(5)20(28)17-24(8-3)12-14-25(15-18(4)26)13-11-23(7-2)16-19(21)27/h6-17,21H2,1-5H3. The fraction of sp³-hybridized carbons (Fsp3) is 0.850. The molecule has 7 nitrogen and oxygen atoms in total. The molecule has 0 aromatic rings. The van der Waals surface area contributed by atoms with Gasteiger partial charge in [-0.15, -0.1) is 0 Å². The number of rotatable bonds is 17. The fourth-order valence-electron chi connectivity index (χ4n) is 3.00. The van der Waals surface area contributed by atoms with Gasteiger partial charge in [-0.2, -0.15) is 0 Å². The number of unbranched alkanes of at least 4 members (excludes halogenated alkanes) is 1. The van der Waals surface area contributed by atoms with Crippen molar-refractivity contribution in [2.45, 2.75) is 40.5 Å². The van der Waals surface area contributed by atoms with E-state index in [2.05, 4.69) is 28.5 Å². The number of carbonyl (C=O) groups is 3. The Morgan fingerprint density at radius 2 is 1.25 bits per heavy atom. The zero-order chi connectivity index (χ0) is 21.5. The summed E-state index contributed by atoms with van der Waals surface area (Å²) in [6.07, 6.45) is 2.10. The smallest absolute Gasteiger partial charge is 0.236 e. The van der Waals surface area contributed by atoms with Crippen molar-refractivity contribution in [3.63, 3.8) is 0 Å². The average Bonchev–Trinajstić information content (AvgIpc) is 2.64. The van der Waals surface area contributed by atoms with Crippen molar-refractivity contribution in [3.8, 4) is 0 Å². The van der Waals surface area contributed by atoms with E-state index in [0.29, 0.717) is 19.6 Å². The summed E-state index contributed by atoms with van der Waals surface area (Å²) in [5.74, 6) is 0.278. The number of ketones is 1. The van der Waals surface area contributed by atoms with Gasteiger partial charge in [-0.1, -0.05) is 27.2 Å². The molecule has 0 rings (SSSR count). The van der Waals surface area contributed by atoms with E-state index in [1.165, 1.54) is 0 Å². The minimum atomic E-state index is 0.132. The Morgan fingerprint density at radius 3 is 1.68 bits per heavy atom. The largest absolute Gasteiger partial charge is 0.345 e. The lowest BCUT2D eigenvalue weighted by molar-refractivity contribution is -0.131. The van der Waals surface area contributed by atoms with Gasteiger partial charge in [0, 0.05) is 46.3 Å². The third-order valence-electron chi connectivity index (χ3n) is 4.88. The van der Waals surface area contributed by atoms with Gasteiger partial charge in [-0.25, -0.2) is 0 Å². The lowest BCUT2D eigenvalue weighted by atomic mass is 10.0. The van der Waals surface area contributed by atoms with Gasteiger partial charge in [0.05, 0.1) is 18.8 Å². The van der Waals surface area contributed by atoms with Crippen LogP contribution in [-0.4, -0.2) is 117 Å². The van der Waals surface area contributed by atoms with Crippen LogP contribution in [0.4, 0.5) is 0 Å². The maximum Gasteiger partial charge on any atom is 0.236 e. The molecule has 1 amide bonds.